The number of ether oxygens (including phenoxy) is 1. The van der Waals surface area contributed by atoms with Crippen molar-refractivity contribution in [2.45, 2.75) is 26.4 Å². The number of benzene rings is 2. The van der Waals surface area contributed by atoms with Crippen molar-refractivity contribution in [1.82, 2.24) is 19.8 Å². The first-order valence-corrected chi connectivity index (χ1v) is 13.2. The minimum atomic E-state index is -0.695. The van der Waals surface area contributed by atoms with Gasteiger partial charge in [-0.05, 0) is 43.3 Å². The smallest absolute Gasteiger partial charge is 0.271 e. The van der Waals surface area contributed by atoms with Gasteiger partial charge in [-0.2, -0.15) is 0 Å². The van der Waals surface area contributed by atoms with E-state index in [4.69, 9.17) is 27.9 Å². The number of aliphatic hydroxyl groups is 1. The van der Waals surface area contributed by atoms with Crippen LogP contribution >= 0.6 is 23.2 Å². The predicted octanol–water partition coefficient (Wildman–Crippen LogP) is 3.97. The maximum Gasteiger partial charge on any atom is 0.271 e. The van der Waals surface area contributed by atoms with E-state index >= 15 is 0 Å². The molecule has 0 spiro atoms. The highest BCUT2D eigenvalue weighted by atomic mass is 35.5. The van der Waals surface area contributed by atoms with Crippen LogP contribution in [0.5, 0.6) is 5.75 Å². The van der Waals surface area contributed by atoms with Crippen molar-refractivity contribution in [3.05, 3.63) is 69.7 Å². The van der Waals surface area contributed by atoms with Gasteiger partial charge in [-0.1, -0.05) is 36.2 Å². The van der Waals surface area contributed by atoms with E-state index in [0.29, 0.717) is 28.7 Å². The van der Waals surface area contributed by atoms with Crippen LogP contribution in [0.25, 0.3) is 5.69 Å². The molecule has 1 amide bonds. The number of anilines is 1. The van der Waals surface area contributed by atoms with Crippen molar-refractivity contribution in [2.75, 3.05) is 51.3 Å². The zero-order valence-electron chi connectivity index (χ0n) is 21.4. The number of piperazine rings is 1. The predicted molar refractivity (Wildman–Crippen MR) is 148 cm³/mol. The minimum absolute atomic E-state index is 0.148. The molecule has 1 aromatic heterocycles. The monoisotopic (exact) mass is 545 g/mol. The summed E-state index contributed by atoms with van der Waals surface area (Å²) >= 11 is 12.5. The number of imidazole rings is 1. The highest BCUT2D eigenvalue weighted by Gasteiger charge is 2.23. The number of carbonyl (C=O) groups excluding carboxylic acids is 1. The lowest BCUT2D eigenvalue weighted by Gasteiger charge is -2.37. The van der Waals surface area contributed by atoms with Crippen LogP contribution < -0.4 is 15.0 Å². The zero-order valence-corrected chi connectivity index (χ0v) is 22.9. The van der Waals surface area contributed by atoms with E-state index in [0.717, 1.165) is 54.8 Å². The molecule has 1 aliphatic heterocycles. The Labute approximate surface area is 227 Å². The molecule has 1 atom stereocenters. The van der Waals surface area contributed by atoms with E-state index in [-0.39, 0.29) is 12.5 Å². The third kappa shape index (κ3) is 6.21. The number of aryl methyl sites for hydroxylation is 1. The maximum atomic E-state index is 13.0. The number of aromatic nitrogens is 2. The quantitative estimate of drug-likeness (QED) is 0.423. The van der Waals surface area contributed by atoms with E-state index in [1.807, 2.05) is 54.8 Å². The van der Waals surface area contributed by atoms with Gasteiger partial charge in [-0.15, -0.1) is 0 Å². The molecule has 0 aliphatic carbocycles. The summed E-state index contributed by atoms with van der Waals surface area (Å²) in [5.74, 6) is 1.27. The number of hydrogen-bond donors (Lipinski definition) is 2. The van der Waals surface area contributed by atoms with Crippen molar-refractivity contribution >= 4 is 34.8 Å². The normalized spacial score (nSPS) is 15.0. The molecule has 1 aliphatic rings. The zero-order chi connectivity index (χ0) is 26.5. The van der Waals surface area contributed by atoms with Gasteiger partial charge in [0.25, 0.3) is 5.91 Å². The average Bonchev–Trinajstić information content (AvgIpc) is 3.25. The number of nitrogens with zero attached hydrogens (tertiary/aromatic N) is 4. The van der Waals surface area contributed by atoms with Crippen LogP contribution in [0, 0.1) is 6.92 Å². The van der Waals surface area contributed by atoms with Crippen molar-refractivity contribution in [3.63, 3.8) is 0 Å². The molecule has 0 bridgehead atoms. The van der Waals surface area contributed by atoms with Crippen LogP contribution in [-0.2, 0) is 6.42 Å². The van der Waals surface area contributed by atoms with Crippen LogP contribution in [-0.4, -0.2) is 77.9 Å². The highest BCUT2D eigenvalue weighted by molar-refractivity contribution is 6.43. The third-order valence-electron chi connectivity index (χ3n) is 6.65. The van der Waals surface area contributed by atoms with Gasteiger partial charge in [0.15, 0.2) is 0 Å². The molecule has 1 saturated heterocycles. The van der Waals surface area contributed by atoms with E-state index < -0.39 is 6.10 Å². The summed E-state index contributed by atoms with van der Waals surface area (Å²) < 4.78 is 7.23. The summed E-state index contributed by atoms with van der Waals surface area (Å²) in [6.45, 7) is 7.62. The fourth-order valence-electron chi connectivity index (χ4n) is 4.65. The molecular weight excluding hydrogens is 513 g/mol. The number of amides is 1. The maximum absolute atomic E-state index is 13.0. The summed E-state index contributed by atoms with van der Waals surface area (Å²) in [5.41, 5.74) is 2.97. The second-order valence-electron chi connectivity index (χ2n) is 9.07. The largest absolute Gasteiger partial charge is 0.497 e. The number of carbonyl (C=O) groups is 1. The number of methoxy groups -OCH3 is 1. The first-order valence-electron chi connectivity index (χ1n) is 12.4. The molecular formula is C27H33Cl2N5O3. The SMILES string of the molecule is CCc1nc(C(=O)NCC(O)CN2CCN(c3cccc(Cl)c3Cl)CC2)c(C)n1-c1ccc(OC)cc1. The average molecular weight is 546 g/mol. The summed E-state index contributed by atoms with van der Waals surface area (Å²) in [6.07, 6.45) is -0.0188. The third-order valence-corrected chi connectivity index (χ3v) is 7.46. The Bertz CT molecular complexity index is 1220. The second kappa shape index (κ2) is 12.2. The Morgan fingerprint density at radius 1 is 1.14 bits per heavy atom. The lowest BCUT2D eigenvalue weighted by atomic mass is 10.2. The summed E-state index contributed by atoms with van der Waals surface area (Å²) in [6, 6.07) is 13.3. The first kappa shape index (κ1) is 27.3. The summed E-state index contributed by atoms with van der Waals surface area (Å²) in [4.78, 5) is 22.0. The molecule has 0 radical (unpaired) electrons. The highest BCUT2D eigenvalue weighted by Crippen LogP contribution is 2.32. The van der Waals surface area contributed by atoms with E-state index in [2.05, 4.69) is 20.1 Å². The Hall–Kier alpha value is -2.78. The van der Waals surface area contributed by atoms with Crippen LogP contribution in [0.4, 0.5) is 5.69 Å². The van der Waals surface area contributed by atoms with E-state index in [1.54, 1.807) is 13.2 Å². The molecule has 8 nitrogen and oxygen atoms in total. The molecule has 4 rings (SSSR count). The lowest BCUT2D eigenvalue weighted by molar-refractivity contribution is 0.0847. The van der Waals surface area contributed by atoms with E-state index in [9.17, 15) is 9.90 Å². The molecule has 2 heterocycles. The molecule has 2 N–H and O–H groups in total. The molecule has 1 unspecified atom stereocenters. The summed E-state index contributed by atoms with van der Waals surface area (Å²) in [5, 5.41) is 14.6. The number of rotatable bonds is 9. The molecule has 1 fully saturated rings. The van der Waals surface area contributed by atoms with Gasteiger partial charge >= 0.3 is 0 Å². The fourth-order valence-corrected chi connectivity index (χ4v) is 5.07. The molecule has 0 saturated carbocycles. The van der Waals surface area contributed by atoms with Gasteiger partial charge in [0.05, 0.1) is 34.6 Å². The summed E-state index contributed by atoms with van der Waals surface area (Å²) in [7, 11) is 1.63. The van der Waals surface area contributed by atoms with Gasteiger partial charge in [0.2, 0.25) is 0 Å². The Balaban J connectivity index is 1.31. The molecule has 3 aromatic rings. The molecule has 37 heavy (non-hydrogen) atoms. The van der Waals surface area contributed by atoms with Gasteiger partial charge in [0.1, 0.15) is 17.3 Å². The number of halogens is 2. The molecule has 198 valence electrons. The Morgan fingerprint density at radius 2 is 1.84 bits per heavy atom. The van der Waals surface area contributed by atoms with Crippen LogP contribution in [0.15, 0.2) is 42.5 Å². The van der Waals surface area contributed by atoms with Crippen molar-refractivity contribution in [1.29, 1.82) is 0 Å². The number of nitrogens with one attached hydrogen (secondary N) is 1. The Morgan fingerprint density at radius 3 is 2.49 bits per heavy atom. The topological polar surface area (TPSA) is 82.9 Å². The number of aliphatic hydroxyl groups excluding tert-OH is 1. The van der Waals surface area contributed by atoms with Crippen LogP contribution in [0.2, 0.25) is 10.0 Å². The van der Waals surface area contributed by atoms with Gasteiger partial charge < -0.3 is 24.6 Å². The van der Waals surface area contributed by atoms with Gasteiger partial charge in [-0.3, -0.25) is 9.69 Å². The minimum Gasteiger partial charge on any atom is -0.497 e. The van der Waals surface area contributed by atoms with Crippen molar-refractivity contribution in [3.8, 4) is 11.4 Å². The van der Waals surface area contributed by atoms with Crippen LogP contribution in [0.1, 0.15) is 28.9 Å². The van der Waals surface area contributed by atoms with Crippen molar-refractivity contribution < 1.29 is 14.6 Å². The lowest BCUT2D eigenvalue weighted by Crippen LogP contribution is -2.50. The van der Waals surface area contributed by atoms with E-state index in [1.165, 1.54) is 0 Å². The van der Waals surface area contributed by atoms with Crippen LogP contribution in [0.3, 0.4) is 0 Å². The molecule has 2 aromatic carbocycles. The van der Waals surface area contributed by atoms with Crippen molar-refractivity contribution in [2.24, 2.45) is 0 Å². The number of β-amino-alcohol motifs (C(OH)–C–C–N with tert-alkyl or cyclic N) is 1. The number of hydrogen-bond acceptors (Lipinski definition) is 6. The van der Waals surface area contributed by atoms with Gasteiger partial charge in [0, 0.05) is 51.4 Å². The Kier molecular flexibility index (Phi) is 8.97. The molecule has 10 heteroatoms. The second-order valence-corrected chi connectivity index (χ2v) is 9.86. The first-order chi connectivity index (χ1) is 17.8. The standard InChI is InChI=1S/C27H33Cl2N5O3/c1-4-24-31-26(18(2)34(24)19-8-10-21(37-3)11-9-19)27(36)30-16-20(35)17-32-12-14-33(15-13-32)23-7-5-6-22(28)25(23)29/h5-11,20,35H,4,12-17H2,1-3H3,(H,30,36). The van der Waals surface area contributed by atoms with Gasteiger partial charge in [-0.25, -0.2) is 4.98 Å². The fraction of sp³-hybridized carbons (Fsp3) is 0.407.